The first-order chi connectivity index (χ1) is 9.53. The highest BCUT2D eigenvalue weighted by atomic mass is 16.6. The van der Waals surface area contributed by atoms with Crippen molar-refractivity contribution in [3.8, 4) is 0 Å². The van der Waals surface area contributed by atoms with Crippen LogP contribution in [0.25, 0.3) is 0 Å². The van der Waals surface area contributed by atoms with E-state index in [9.17, 15) is 9.59 Å². The van der Waals surface area contributed by atoms with E-state index < -0.39 is 36.4 Å². The van der Waals surface area contributed by atoms with E-state index in [-0.39, 0.29) is 6.42 Å². The number of ether oxygens (including phenoxy) is 3. The lowest BCUT2D eigenvalue weighted by Gasteiger charge is -2.22. The molecule has 0 aliphatic carbocycles. The van der Waals surface area contributed by atoms with E-state index in [1.165, 1.54) is 19.1 Å². The zero-order valence-corrected chi connectivity index (χ0v) is 11.6. The third-order valence-electron chi connectivity index (χ3n) is 2.87. The maximum absolute atomic E-state index is 11.7. The number of hydrogen-bond acceptors (Lipinski definition) is 5. The lowest BCUT2D eigenvalue weighted by atomic mass is 10.1. The zero-order chi connectivity index (χ0) is 15.1. The fourth-order valence-corrected chi connectivity index (χ4v) is 1.98. The fourth-order valence-electron chi connectivity index (χ4n) is 1.98. The molecule has 1 aliphatic rings. The predicted octanol–water partition coefficient (Wildman–Crippen LogP) is 1.94. The van der Waals surface area contributed by atoms with E-state index in [1.807, 2.05) is 0 Å². The molecule has 0 amide bonds. The van der Waals surface area contributed by atoms with Gasteiger partial charge < -0.3 is 14.2 Å². The van der Waals surface area contributed by atoms with Crippen LogP contribution >= 0.6 is 0 Å². The molecule has 0 radical (unpaired) electrons. The Balaban J connectivity index is 2.81. The van der Waals surface area contributed by atoms with Crippen LogP contribution in [-0.2, 0) is 23.8 Å². The molecule has 0 unspecified atom stereocenters. The molecule has 20 heavy (non-hydrogen) atoms. The fraction of sp³-hybridized carbons (Fsp3) is 0.467. The molecule has 0 aromatic heterocycles. The van der Waals surface area contributed by atoms with Crippen molar-refractivity contribution < 1.29 is 23.8 Å². The standard InChI is InChI=1S/C15H20O5/c1-5-8-9-13(17)20-15-12(7-3)19-11(6-2)14(15)18-10(4)16/h5-7,11-12,14-15H,1-3,8-9H2,4H3/t11-,12+,14+,15-/m1/s1. The van der Waals surface area contributed by atoms with Crippen LogP contribution in [0.15, 0.2) is 38.0 Å². The Kier molecular flexibility index (Phi) is 6.18. The molecule has 0 saturated carbocycles. The molecular formula is C15H20O5. The van der Waals surface area contributed by atoms with Gasteiger partial charge in [0.25, 0.3) is 0 Å². The Morgan fingerprint density at radius 3 is 2.10 bits per heavy atom. The van der Waals surface area contributed by atoms with Gasteiger partial charge in [-0.05, 0) is 6.42 Å². The normalized spacial score (nSPS) is 28.4. The van der Waals surface area contributed by atoms with Gasteiger partial charge in [0.15, 0.2) is 12.2 Å². The van der Waals surface area contributed by atoms with Crippen molar-refractivity contribution in [3.05, 3.63) is 38.0 Å². The van der Waals surface area contributed by atoms with Gasteiger partial charge in [-0.2, -0.15) is 0 Å². The van der Waals surface area contributed by atoms with Crippen molar-refractivity contribution in [3.63, 3.8) is 0 Å². The van der Waals surface area contributed by atoms with Gasteiger partial charge in [-0.3, -0.25) is 9.59 Å². The van der Waals surface area contributed by atoms with Crippen molar-refractivity contribution in [2.45, 2.75) is 44.2 Å². The van der Waals surface area contributed by atoms with Crippen LogP contribution in [0, 0.1) is 0 Å². The summed E-state index contributed by atoms with van der Waals surface area (Å²) in [6, 6.07) is 0. The van der Waals surface area contributed by atoms with Gasteiger partial charge in [0.2, 0.25) is 0 Å². The quantitative estimate of drug-likeness (QED) is 0.527. The molecule has 0 aromatic carbocycles. The second-order valence-corrected chi connectivity index (χ2v) is 4.39. The number of carbonyl (C=O) groups is 2. The largest absolute Gasteiger partial charge is 0.455 e. The number of rotatable bonds is 7. The van der Waals surface area contributed by atoms with E-state index in [0.29, 0.717) is 6.42 Å². The van der Waals surface area contributed by atoms with Crippen molar-refractivity contribution in [2.24, 2.45) is 0 Å². The minimum absolute atomic E-state index is 0.218. The molecule has 4 atom stereocenters. The lowest BCUT2D eigenvalue weighted by molar-refractivity contribution is -0.164. The van der Waals surface area contributed by atoms with Crippen LogP contribution in [0.3, 0.4) is 0 Å². The molecule has 1 saturated heterocycles. The number of allylic oxidation sites excluding steroid dienone is 1. The summed E-state index contributed by atoms with van der Waals surface area (Å²) in [7, 11) is 0. The van der Waals surface area contributed by atoms with Crippen molar-refractivity contribution in [1.82, 2.24) is 0 Å². The first kappa shape index (κ1) is 16.2. The maximum atomic E-state index is 11.7. The molecule has 1 heterocycles. The van der Waals surface area contributed by atoms with Crippen LogP contribution in [0.2, 0.25) is 0 Å². The molecular weight excluding hydrogens is 260 g/mol. The first-order valence-electron chi connectivity index (χ1n) is 6.41. The van der Waals surface area contributed by atoms with Gasteiger partial charge in [-0.25, -0.2) is 0 Å². The van der Waals surface area contributed by atoms with Gasteiger partial charge in [-0.1, -0.05) is 18.2 Å². The second-order valence-electron chi connectivity index (χ2n) is 4.39. The van der Waals surface area contributed by atoms with E-state index >= 15 is 0 Å². The third-order valence-corrected chi connectivity index (χ3v) is 2.87. The topological polar surface area (TPSA) is 61.8 Å². The van der Waals surface area contributed by atoms with Crippen LogP contribution in [0.1, 0.15) is 19.8 Å². The lowest BCUT2D eigenvalue weighted by Crippen LogP contribution is -2.39. The average Bonchev–Trinajstić information content (AvgIpc) is 2.73. The minimum Gasteiger partial charge on any atom is -0.455 e. The van der Waals surface area contributed by atoms with Crippen LogP contribution in [-0.4, -0.2) is 36.4 Å². The van der Waals surface area contributed by atoms with Crippen molar-refractivity contribution >= 4 is 11.9 Å². The summed E-state index contributed by atoms with van der Waals surface area (Å²) >= 11 is 0. The maximum Gasteiger partial charge on any atom is 0.306 e. The van der Waals surface area contributed by atoms with Gasteiger partial charge in [0, 0.05) is 13.3 Å². The smallest absolute Gasteiger partial charge is 0.306 e. The predicted molar refractivity (Wildman–Crippen MR) is 73.9 cm³/mol. The molecule has 1 fully saturated rings. The second kappa shape index (κ2) is 7.65. The summed E-state index contributed by atoms with van der Waals surface area (Å²) in [6.07, 6.45) is 2.93. The summed E-state index contributed by atoms with van der Waals surface area (Å²) in [6.45, 7) is 12.1. The highest BCUT2D eigenvalue weighted by molar-refractivity contribution is 5.70. The summed E-state index contributed by atoms with van der Waals surface area (Å²) in [5.74, 6) is -0.866. The number of esters is 2. The van der Waals surface area contributed by atoms with E-state index in [2.05, 4.69) is 19.7 Å². The monoisotopic (exact) mass is 280 g/mol. The SMILES string of the molecule is C=CCCC(=O)O[C@H]1[C@@H](OC(C)=O)[C@@H](C=C)O[C@H]1C=C. The molecule has 5 nitrogen and oxygen atoms in total. The van der Waals surface area contributed by atoms with Crippen LogP contribution in [0.4, 0.5) is 0 Å². The molecule has 0 bridgehead atoms. The molecule has 0 spiro atoms. The summed E-state index contributed by atoms with van der Waals surface area (Å²) in [5.41, 5.74) is 0. The van der Waals surface area contributed by atoms with Gasteiger partial charge in [-0.15, -0.1) is 19.7 Å². The Bertz CT molecular complexity index is 401. The minimum atomic E-state index is -0.711. The van der Waals surface area contributed by atoms with Gasteiger partial charge in [0.05, 0.1) is 0 Å². The Hall–Kier alpha value is -1.88. The number of carbonyl (C=O) groups excluding carboxylic acids is 2. The first-order valence-corrected chi connectivity index (χ1v) is 6.41. The molecule has 1 aliphatic heterocycles. The van der Waals surface area contributed by atoms with E-state index in [4.69, 9.17) is 14.2 Å². The van der Waals surface area contributed by atoms with Gasteiger partial charge in [0.1, 0.15) is 12.2 Å². The van der Waals surface area contributed by atoms with Crippen LogP contribution < -0.4 is 0 Å². The average molecular weight is 280 g/mol. The number of hydrogen-bond donors (Lipinski definition) is 0. The molecule has 5 heteroatoms. The van der Waals surface area contributed by atoms with E-state index in [1.54, 1.807) is 6.08 Å². The highest BCUT2D eigenvalue weighted by Gasteiger charge is 2.46. The summed E-state index contributed by atoms with van der Waals surface area (Å²) in [5, 5.41) is 0. The molecule has 110 valence electrons. The Morgan fingerprint density at radius 2 is 1.65 bits per heavy atom. The highest BCUT2D eigenvalue weighted by Crippen LogP contribution is 2.28. The zero-order valence-electron chi connectivity index (χ0n) is 11.6. The summed E-state index contributed by atoms with van der Waals surface area (Å²) < 4.78 is 16.1. The summed E-state index contributed by atoms with van der Waals surface area (Å²) in [4.78, 5) is 22.9. The van der Waals surface area contributed by atoms with Gasteiger partial charge >= 0.3 is 11.9 Å². The van der Waals surface area contributed by atoms with Crippen molar-refractivity contribution in [2.75, 3.05) is 0 Å². The molecule has 1 rings (SSSR count). The molecule has 0 N–H and O–H groups in total. The van der Waals surface area contributed by atoms with E-state index in [0.717, 1.165) is 0 Å². The Morgan fingerprint density at radius 1 is 1.10 bits per heavy atom. The van der Waals surface area contributed by atoms with Crippen LogP contribution in [0.5, 0.6) is 0 Å². The Labute approximate surface area is 118 Å². The van der Waals surface area contributed by atoms with Crippen molar-refractivity contribution in [1.29, 1.82) is 0 Å². The third kappa shape index (κ3) is 4.06. The molecule has 0 aromatic rings.